The predicted octanol–water partition coefficient (Wildman–Crippen LogP) is 0.936. The third-order valence-corrected chi connectivity index (χ3v) is 3.35. The van der Waals surface area contributed by atoms with E-state index in [1.807, 2.05) is 0 Å². The Kier molecular flexibility index (Phi) is 2.21. The van der Waals surface area contributed by atoms with Gasteiger partial charge >= 0.3 is 0 Å². The first kappa shape index (κ1) is 10.9. The summed E-state index contributed by atoms with van der Waals surface area (Å²) in [5.74, 6) is -0.324. The van der Waals surface area contributed by atoms with Crippen molar-refractivity contribution in [1.29, 1.82) is 0 Å². The second-order valence-electron chi connectivity index (χ2n) is 4.56. The first-order valence-corrected chi connectivity index (χ1v) is 5.74. The van der Waals surface area contributed by atoms with Gasteiger partial charge in [0.25, 0.3) is 0 Å². The summed E-state index contributed by atoms with van der Waals surface area (Å²) in [6.45, 7) is 0. The van der Waals surface area contributed by atoms with Gasteiger partial charge in [-0.25, -0.2) is 0 Å². The first-order valence-electron chi connectivity index (χ1n) is 5.74. The van der Waals surface area contributed by atoms with E-state index in [1.54, 1.807) is 30.3 Å². The summed E-state index contributed by atoms with van der Waals surface area (Å²) in [6.07, 6.45) is 1.99. The Morgan fingerprint density at radius 2 is 1.67 bits per heavy atom. The van der Waals surface area contributed by atoms with E-state index in [4.69, 9.17) is 11.5 Å². The van der Waals surface area contributed by atoms with Crippen LogP contribution in [-0.4, -0.2) is 17.6 Å². The normalized spacial score (nSPS) is 22.5. The van der Waals surface area contributed by atoms with Crippen molar-refractivity contribution in [2.24, 2.45) is 11.5 Å². The lowest BCUT2D eigenvalue weighted by Gasteiger charge is -2.27. The molecule has 1 aromatic rings. The molecule has 2 aliphatic rings. The molecule has 1 aromatic carbocycles. The van der Waals surface area contributed by atoms with Gasteiger partial charge in [0.05, 0.1) is 0 Å². The molecule has 2 aliphatic carbocycles. The minimum Gasteiger partial charge on any atom is -0.402 e. The molecule has 0 saturated carbocycles. The van der Waals surface area contributed by atoms with Crippen molar-refractivity contribution in [3.8, 4) is 0 Å². The SMILES string of the molecule is NC1=CC2=C(C(=O)c3ccccc3C2=O)C(N)C1. The summed E-state index contributed by atoms with van der Waals surface area (Å²) in [6, 6.07) is 6.31. The van der Waals surface area contributed by atoms with Gasteiger partial charge in [0.15, 0.2) is 11.6 Å². The Hall–Kier alpha value is -2.20. The summed E-state index contributed by atoms with van der Waals surface area (Å²) < 4.78 is 0. The van der Waals surface area contributed by atoms with Crippen LogP contribution in [0.3, 0.4) is 0 Å². The third kappa shape index (κ3) is 1.36. The summed E-state index contributed by atoms with van der Waals surface area (Å²) >= 11 is 0. The lowest BCUT2D eigenvalue weighted by atomic mass is 9.77. The van der Waals surface area contributed by atoms with Gasteiger partial charge in [0.1, 0.15) is 0 Å². The molecule has 0 radical (unpaired) electrons. The molecule has 0 bridgehead atoms. The van der Waals surface area contributed by atoms with E-state index >= 15 is 0 Å². The molecular formula is C14H12N2O2. The highest BCUT2D eigenvalue weighted by Gasteiger charge is 2.35. The standard InChI is InChI=1S/C14H12N2O2/c15-7-5-10-12(11(16)6-7)14(18)9-4-2-1-3-8(9)13(10)17/h1-5,11H,6,15-16H2. The quantitative estimate of drug-likeness (QED) is 0.706. The monoisotopic (exact) mass is 240 g/mol. The summed E-state index contributed by atoms with van der Waals surface area (Å²) in [4.78, 5) is 24.7. The predicted molar refractivity (Wildman–Crippen MR) is 67.0 cm³/mol. The Morgan fingerprint density at radius 3 is 2.33 bits per heavy atom. The summed E-state index contributed by atoms with van der Waals surface area (Å²) in [5, 5.41) is 0. The molecule has 18 heavy (non-hydrogen) atoms. The molecule has 0 amide bonds. The summed E-state index contributed by atoms with van der Waals surface area (Å²) in [5.41, 5.74) is 13.8. The second-order valence-corrected chi connectivity index (χ2v) is 4.56. The van der Waals surface area contributed by atoms with Crippen LogP contribution in [0.4, 0.5) is 0 Å². The zero-order valence-electron chi connectivity index (χ0n) is 9.64. The number of carbonyl (C=O) groups is 2. The van der Waals surface area contributed by atoms with Crippen molar-refractivity contribution >= 4 is 11.6 Å². The van der Waals surface area contributed by atoms with Crippen molar-refractivity contribution in [2.45, 2.75) is 12.5 Å². The van der Waals surface area contributed by atoms with Gasteiger partial charge in [0.2, 0.25) is 0 Å². The smallest absolute Gasteiger partial charge is 0.194 e. The number of hydrogen-bond donors (Lipinski definition) is 2. The topological polar surface area (TPSA) is 86.2 Å². The van der Waals surface area contributed by atoms with Crippen LogP contribution < -0.4 is 11.5 Å². The fourth-order valence-corrected chi connectivity index (χ4v) is 2.53. The van der Waals surface area contributed by atoms with Gasteiger partial charge < -0.3 is 11.5 Å². The number of fused-ring (bicyclic) bond motifs is 1. The lowest BCUT2D eigenvalue weighted by Crippen LogP contribution is -2.37. The maximum atomic E-state index is 12.4. The number of benzene rings is 1. The van der Waals surface area contributed by atoms with Crippen molar-refractivity contribution < 1.29 is 9.59 Å². The van der Waals surface area contributed by atoms with E-state index < -0.39 is 6.04 Å². The van der Waals surface area contributed by atoms with Crippen LogP contribution in [0.1, 0.15) is 27.1 Å². The molecule has 0 aliphatic heterocycles. The van der Waals surface area contributed by atoms with Crippen LogP contribution in [0.25, 0.3) is 0 Å². The van der Waals surface area contributed by atoms with Gasteiger partial charge in [-0.05, 0) is 6.08 Å². The van der Waals surface area contributed by atoms with Gasteiger partial charge in [0, 0.05) is 40.4 Å². The second kappa shape index (κ2) is 3.65. The van der Waals surface area contributed by atoms with Gasteiger partial charge in [-0.2, -0.15) is 0 Å². The molecule has 0 fully saturated rings. The molecule has 0 aromatic heterocycles. The van der Waals surface area contributed by atoms with Crippen LogP contribution >= 0.6 is 0 Å². The molecule has 0 saturated heterocycles. The highest BCUT2D eigenvalue weighted by atomic mass is 16.1. The zero-order chi connectivity index (χ0) is 12.9. The van der Waals surface area contributed by atoms with E-state index in [2.05, 4.69) is 0 Å². The van der Waals surface area contributed by atoms with Crippen molar-refractivity contribution in [2.75, 3.05) is 0 Å². The highest BCUT2D eigenvalue weighted by molar-refractivity contribution is 6.28. The number of allylic oxidation sites excluding steroid dienone is 2. The van der Waals surface area contributed by atoms with Crippen LogP contribution in [0, 0.1) is 0 Å². The van der Waals surface area contributed by atoms with Gasteiger partial charge in [-0.3, -0.25) is 9.59 Å². The molecule has 0 spiro atoms. The van der Waals surface area contributed by atoms with Crippen LogP contribution in [0.15, 0.2) is 47.2 Å². The Balaban J connectivity index is 2.27. The fraction of sp³-hybridized carbons (Fsp3) is 0.143. The number of ketones is 2. The molecule has 1 atom stereocenters. The molecule has 4 heteroatoms. The fourth-order valence-electron chi connectivity index (χ4n) is 2.53. The number of Topliss-reactive ketones (excluding diaryl/α,β-unsaturated/α-hetero) is 2. The molecular weight excluding hydrogens is 228 g/mol. The van der Waals surface area contributed by atoms with E-state index in [-0.39, 0.29) is 11.6 Å². The minimum absolute atomic E-state index is 0.156. The van der Waals surface area contributed by atoms with E-state index in [0.717, 1.165) is 0 Å². The van der Waals surface area contributed by atoms with E-state index in [1.165, 1.54) is 0 Å². The Morgan fingerprint density at radius 1 is 1.06 bits per heavy atom. The molecule has 4 nitrogen and oxygen atoms in total. The van der Waals surface area contributed by atoms with Crippen molar-refractivity contribution in [3.05, 3.63) is 58.3 Å². The van der Waals surface area contributed by atoms with Crippen molar-refractivity contribution in [1.82, 2.24) is 0 Å². The van der Waals surface area contributed by atoms with E-state index in [9.17, 15) is 9.59 Å². The largest absolute Gasteiger partial charge is 0.402 e. The highest BCUT2D eigenvalue weighted by Crippen LogP contribution is 2.32. The first-order chi connectivity index (χ1) is 8.59. The van der Waals surface area contributed by atoms with Gasteiger partial charge in [-0.1, -0.05) is 24.3 Å². The number of rotatable bonds is 0. The summed E-state index contributed by atoms with van der Waals surface area (Å²) in [7, 11) is 0. The van der Waals surface area contributed by atoms with E-state index in [0.29, 0.717) is 34.4 Å². The Labute approximate surface area is 104 Å². The number of nitrogens with two attached hydrogens (primary N) is 2. The van der Waals surface area contributed by atoms with Crippen LogP contribution in [-0.2, 0) is 0 Å². The van der Waals surface area contributed by atoms with Gasteiger partial charge in [-0.15, -0.1) is 0 Å². The molecule has 1 unspecified atom stereocenters. The lowest BCUT2D eigenvalue weighted by molar-refractivity contribution is 0.0971. The molecule has 90 valence electrons. The molecule has 4 N–H and O–H groups in total. The maximum absolute atomic E-state index is 12.4. The van der Waals surface area contributed by atoms with Crippen LogP contribution in [0.5, 0.6) is 0 Å². The maximum Gasteiger partial charge on any atom is 0.194 e. The average molecular weight is 240 g/mol. The number of hydrogen-bond acceptors (Lipinski definition) is 4. The minimum atomic E-state index is -0.491. The molecule has 0 heterocycles. The zero-order valence-corrected chi connectivity index (χ0v) is 9.64. The third-order valence-electron chi connectivity index (χ3n) is 3.35. The Bertz CT molecular complexity index is 641. The van der Waals surface area contributed by atoms with Crippen molar-refractivity contribution in [3.63, 3.8) is 0 Å². The average Bonchev–Trinajstić information content (AvgIpc) is 2.35. The molecule has 3 rings (SSSR count). The number of carbonyl (C=O) groups excluding carboxylic acids is 2. The van der Waals surface area contributed by atoms with Crippen LogP contribution in [0.2, 0.25) is 0 Å².